The van der Waals surface area contributed by atoms with Gasteiger partial charge in [-0.15, -0.1) is 0 Å². The van der Waals surface area contributed by atoms with Gasteiger partial charge >= 0.3 is 0 Å². The number of nitrogens with zero attached hydrogens (tertiary/aromatic N) is 1. The maximum Gasteiger partial charge on any atom is 0.230 e. The molecule has 1 aromatic heterocycles. The van der Waals surface area contributed by atoms with Crippen molar-refractivity contribution in [3.63, 3.8) is 0 Å². The molecule has 0 fully saturated rings. The Balaban J connectivity index is 2.03. The number of aryl methyl sites for hydroxylation is 1. The minimum atomic E-state index is -0.175. The van der Waals surface area contributed by atoms with Crippen LogP contribution in [0.1, 0.15) is 11.4 Å². The van der Waals surface area contributed by atoms with Crippen molar-refractivity contribution in [2.75, 3.05) is 5.32 Å². The Morgan fingerprint density at radius 3 is 2.78 bits per heavy atom. The van der Waals surface area contributed by atoms with E-state index in [1.807, 2.05) is 13.0 Å². The summed E-state index contributed by atoms with van der Waals surface area (Å²) in [5.41, 5.74) is 2.15. The molecule has 94 valence electrons. The number of hydrogen-bond acceptors (Lipinski definition) is 2. The van der Waals surface area contributed by atoms with Crippen molar-refractivity contribution in [2.24, 2.45) is 0 Å². The number of amides is 1. The molecule has 0 saturated carbocycles. The van der Waals surface area contributed by atoms with Crippen molar-refractivity contribution < 1.29 is 4.79 Å². The highest BCUT2D eigenvalue weighted by Crippen LogP contribution is 2.25. The Kier molecular flexibility index (Phi) is 3.89. The molecule has 0 aliphatic heterocycles. The summed E-state index contributed by atoms with van der Waals surface area (Å²) in [5.74, 6) is -0.175. The third-order valence-corrected chi connectivity index (χ3v) is 2.85. The molecule has 0 spiro atoms. The van der Waals surface area contributed by atoms with Gasteiger partial charge in [0.2, 0.25) is 5.91 Å². The number of halogens is 2. The summed E-state index contributed by atoms with van der Waals surface area (Å²) in [6.45, 7) is 1.88. The normalized spacial score (nSPS) is 10.4. The maximum atomic E-state index is 11.8. The molecule has 1 amide bonds. The molecule has 2 aromatic rings. The number of carbonyl (C=O) groups is 1. The van der Waals surface area contributed by atoms with Crippen LogP contribution in [0.4, 0.5) is 5.69 Å². The first-order chi connectivity index (χ1) is 8.54. The topological polar surface area (TPSA) is 57.8 Å². The summed E-state index contributed by atoms with van der Waals surface area (Å²) in [7, 11) is 0. The van der Waals surface area contributed by atoms with Crippen molar-refractivity contribution >= 4 is 34.8 Å². The molecule has 6 heteroatoms. The fourth-order valence-corrected chi connectivity index (χ4v) is 1.97. The van der Waals surface area contributed by atoms with E-state index in [1.165, 1.54) is 0 Å². The molecule has 0 aliphatic carbocycles. The fraction of sp³-hybridized carbons (Fsp3) is 0.167. The fourth-order valence-electron chi connectivity index (χ4n) is 1.51. The molecule has 0 bridgehead atoms. The van der Waals surface area contributed by atoms with E-state index in [4.69, 9.17) is 23.2 Å². The van der Waals surface area contributed by atoms with Crippen LogP contribution in [-0.2, 0) is 11.2 Å². The van der Waals surface area contributed by atoms with E-state index in [0.717, 1.165) is 5.69 Å². The molecule has 2 rings (SSSR count). The largest absolute Gasteiger partial charge is 0.324 e. The molecular weight excluding hydrogens is 273 g/mol. The average molecular weight is 284 g/mol. The molecule has 2 N–H and O–H groups in total. The minimum absolute atomic E-state index is 0.175. The molecule has 0 radical (unpaired) electrons. The summed E-state index contributed by atoms with van der Waals surface area (Å²) < 4.78 is 0. The van der Waals surface area contributed by atoms with Crippen molar-refractivity contribution in [1.82, 2.24) is 10.2 Å². The third-order valence-electron chi connectivity index (χ3n) is 2.31. The van der Waals surface area contributed by atoms with Gasteiger partial charge in [0.05, 0.1) is 22.8 Å². The quantitative estimate of drug-likeness (QED) is 0.909. The summed E-state index contributed by atoms with van der Waals surface area (Å²) in [4.78, 5) is 11.8. The first kappa shape index (κ1) is 12.9. The summed E-state index contributed by atoms with van der Waals surface area (Å²) in [6.07, 6.45) is 0.198. The number of anilines is 1. The summed E-state index contributed by atoms with van der Waals surface area (Å²) in [6, 6.07) is 6.74. The third kappa shape index (κ3) is 3.24. The van der Waals surface area contributed by atoms with Crippen molar-refractivity contribution in [1.29, 1.82) is 0 Å². The van der Waals surface area contributed by atoms with Crippen LogP contribution in [0.15, 0.2) is 24.3 Å². The lowest BCUT2D eigenvalue weighted by Gasteiger charge is -2.06. The molecule has 0 aliphatic rings. The van der Waals surface area contributed by atoms with Gasteiger partial charge < -0.3 is 5.32 Å². The molecule has 4 nitrogen and oxygen atoms in total. The van der Waals surface area contributed by atoms with Gasteiger partial charge in [-0.05, 0) is 31.2 Å². The Bertz CT molecular complexity index is 580. The van der Waals surface area contributed by atoms with Crippen LogP contribution >= 0.6 is 23.2 Å². The number of nitrogens with one attached hydrogen (secondary N) is 2. The zero-order valence-corrected chi connectivity index (χ0v) is 11.1. The Morgan fingerprint density at radius 2 is 2.17 bits per heavy atom. The molecule has 0 saturated heterocycles. The second-order valence-corrected chi connectivity index (χ2v) is 4.74. The van der Waals surface area contributed by atoms with Gasteiger partial charge in [0.25, 0.3) is 0 Å². The van der Waals surface area contributed by atoms with E-state index >= 15 is 0 Å². The summed E-state index contributed by atoms with van der Waals surface area (Å²) >= 11 is 11.7. The zero-order valence-electron chi connectivity index (χ0n) is 9.63. The Morgan fingerprint density at radius 1 is 1.39 bits per heavy atom. The molecule has 0 atom stereocenters. The lowest BCUT2D eigenvalue weighted by molar-refractivity contribution is -0.115. The van der Waals surface area contributed by atoms with Gasteiger partial charge in [0.1, 0.15) is 0 Å². The van der Waals surface area contributed by atoms with E-state index < -0.39 is 0 Å². The van der Waals surface area contributed by atoms with E-state index in [0.29, 0.717) is 21.4 Å². The molecule has 1 heterocycles. The molecule has 1 aromatic carbocycles. The zero-order chi connectivity index (χ0) is 13.1. The standard InChI is InChI=1S/C12H11Cl2N3O/c1-7-4-9(17-16-7)6-12(18)15-11-3-2-8(13)5-10(11)14/h2-5H,6H2,1H3,(H,15,18)(H,16,17). The van der Waals surface area contributed by atoms with Crippen LogP contribution in [-0.4, -0.2) is 16.1 Å². The second-order valence-electron chi connectivity index (χ2n) is 3.89. The minimum Gasteiger partial charge on any atom is -0.324 e. The van der Waals surface area contributed by atoms with Gasteiger partial charge in [-0.1, -0.05) is 23.2 Å². The highest BCUT2D eigenvalue weighted by Gasteiger charge is 2.09. The van der Waals surface area contributed by atoms with Crippen LogP contribution < -0.4 is 5.32 Å². The van der Waals surface area contributed by atoms with E-state index in [1.54, 1.807) is 18.2 Å². The first-order valence-corrected chi connectivity index (χ1v) is 6.06. The van der Waals surface area contributed by atoms with Gasteiger partial charge in [-0.3, -0.25) is 9.89 Å². The Labute approximate surface area is 114 Å². The van der Waals surface area contributed by atoms with Crippen molar-refractivity contribution in [2.45, 2.75) is 13.3 Å². The van der Waals surface area contributed by atoms with Crippen LogP contribution in [0.25, 0.3) is 0 Å². The lowest BCUT2D eigenvalue weighted by atomic mass is 10.2. The number of carbonyl (C=O) groups excluding carboxylic acids is 1. The molecule has 0 unspecified atom stereocenters. The van der Waals surface area contributed by atoms with Crippen LogP contribution in [0.3, 0.4) is 0 Å². The lowest BCUT2D eigenvalue weighted by Crippen LogP contribution is -2.14. The van der Waals surface area contributed by atoms with Crippen molar-refractivity contribution in [3.05, 3.63) is 45.7 Å². The molecular formula is C12H11Cl2N3O. The number of rotatable bonds is 3. The Hall–Kier alpha value is -1.52. The maximum absolute atomic E-state index is 11.8. The number of hydrogen-bond donors (Lipinski definition) is 2. The van der Waals surface area contributed by atoms with Gasteiger partial charge in [0.15, 0.2) is 0 Å². The smallest absolute Gasteiger partial charge is 0.230 e. The predicted molar refractivity (Wildman–Crippen MR) is 72.1 cm³/mol. The average Bonchev–Trinajstić information content (AvgIpc) is 2.68. The molecule has 18 heavy (non-hydrogen) atoms. The van der Waals surface area contributed by atoms with Gasteiger partial charge in [-0.2, -0.15) is 5.10 Å². The second kappa shape index (κ2) is 5.42. The van der Waals surface area contributed by atoms with Crippen molar-refractivity contribution in [3.8, 4) is 0 Å². The van der Waals surface area contributed by atoms with Crippen LogP contribution in [0.2, 0.25) is 10.0 Å². The van der Waals surface area contributed by atoms with Gasteiger partial charge in [0, 0.05) is 10.7 Å². The highest BCUT2D eigenvalue weighted by molar-refractivity contribution is 6.36. The summed E-state index contributed by atoms with van der Waals surface area (Å²) in [5, 5.41) is 10.4. The van der Waals surface area contributed by atoms with E-state index in [9.17, 15) is 4.79 Å². The first-order valence-electron chi connectivity index (χ1n) is 5.30. The number of aromatic amines is 1. The number of benzene rings is 1. The monoisotopic (exact) mass is 283 g/mol. The highest BCUT2D eigenvalue weighted by atomic mass is 35.5. The number of H-pyrrole nitrogens is 1. The number of aromatic nitrogens is 2. The van der Waals surface area contributed by atoms with Gasteiger partial charge in [-0.25, -0.2) is 0 Å². The van der Waals surface area contributed by atoms with E-state index in [2.05, 4.69) is 15.5 Å². The SMILES string of the molecule is Cc1cc(CC(=O)Nc2ccc(Cl)cc2Cl)n[nH]1. The predicted octanol–water partition coefficient (Wildman–Crippen LogP) is 3.21. The van der Waals surface area contributed by atoms with E-state index in [-0.39, 0.29) is 12.3 Å². The van der Waals surface area contributed by atoms with Crippen LogP contribution in [0, 0.1) is 6.92 Å². The van der Waals surface area contributed by atoms with Crippen LogP contribution in [0.5, 0.6) is 0 Å².